The maximum absolute atomic E-state index is 12.1. The molecule has 7 heteroatoms. The van der Waals surface area contributed by atoms with Crippen LogP contribution in [0.1, 0.15) is 0 Å². The molecule has 1 amide bonds. The molecule has 0 aliphatic rings. The molecule has 112 valence electrons. The number of fused-ring (bicyclic) bond motifs is 1. The molecule has 0 bridgehead atoms. The van der Waals surface area contributed by atoms with Crippen molar-refractivity contribution in [2.24, 2.45) is 0 Å². The first kappa shape index (κ1) is 14.9. The largest absolute Gasteiger partial charge is 0.420 e. The van der Waals surface area contributed by atoms with Gasteiger partial charge in [0.25, 0.3) is 0 Å². The summed E-state index contributed by atoms with van der Waals surface area (Å²) in [6.07, 6.45) is 0. The SMILES string of the molecule is O=C(Cn1c(=O)oc2ccccc21)Nc1ccc(Br)c(Cl)c1. The minimum absolute atomic E-state index is 0.135. The molecule has 0 fully saturated rings. The van der Waals surface area contributed by atoms with E-state index < -0.39 is 5.76 Å². The smallest absolute Gasteiger partial charge is 0.408 e. The number of hydrogen-bond acceptors (Lipinski definition) is 3. The second kappa shape index (κ2) is 5.98. The average molecular weight is 382 g/mol. The number of nitrogens with zero attached hydrogens (tertiary/aromatic N) is 1. The van der Waals surface area contributed by atoms with Gasteiger partial charge in [0.15, 0.2) is 5.58 Å². The summed E-state index contributed by atoms with van der Waals surface area (Å²) >= 11 is 9.25. The van der Waals surface area contributed by atoms with E-state index in [9.17, 15) is 9.59 Å². The van der Waals surface area contributed by atoms with E-state index in [1.165, 1.54) is 4.57 Å². The predicted molar refractivity (Wildman–Crippen MR) is 88.3 cm³/mol. The van der Waals surface area contributed by atoms with Crippen molar-refractivity contribution in [2.75, 3.05) is 5.32 Å². The van der Waals surface area contributed by atoms with Crippen molar-refractivity contribution >= 4 is 50.2 Å². The first-order valence-electron chi connectivity index (χ1n) is 6.38. The molecular weight excluding hydrogens is 372 g/mol. The standard InChI is InChI=1S/C15H10BrClN2O3/c16-10-6-5-9(7-11(10)17)18-14(20)8-19-12-3-1-2-4-13(12)22-15(19)21/h1-7H,8H2,(H,18,20). The molecule has 1 aromatic heterocycles. The van der Waals surface area contributed by atoms with Gasteiger partial charge in [0, 0.05) is 10.2 Å². The van der Waals surface area contributed by atoms with Crippen LogP contribution in [-0.4, -0.2) is 10.5 Å². The molecule has 2 aromatic carbocycles. The van der Waals surface area contributed by atoms with Gasteiger partial charge in [-0.25, -0.2) is 4.79 Å². The lowest BCUT2D eigenvalue weighted by atomic mass is 10.3. The monoisotopic (exact) mass is 380 g/mol. The summed E-state index contributed by atoms with van der Waals surface area (Å²) in [6, 6.07) is 12.0. The Morgan fingerprint density at radius 2 is 2.05 bits per heavy atom. The van der Waals surface area contributed by atoms with Crippen molar-refractivity contribution in [2.45, 2.75) is 6.54 Å². The summed E-state index contributed by atoms with van der Waals surface area (Å²) < 4.78 is 7.11. The van der Waals surface area contributed by atoms with Crippen LogP contribution in [0, 0.1) is 0 Å². The van der Waals surface area contributed by atoms with Gasteiger partial charge in [0.1, 0.15) is 6.54 Å². The highest BCUT2D eigenvalue weighted by atomic mass is 79.9. The zero-order chi connectivity index (χ0) is 15.7. The van der Waals surface area contributed by atoms with E-state index in [2.05, 4.69) is 21.2 Å². The lowest BCUT2D eigenvalue weighted by Gasteiger charge is -2.06. The van der Waals surface area contributed by atoms with E-state index in [1.54, 1.807) is 42.5 Å². The van der Waals surface area contributed by atoms with Gasteiger partial charge >= 0.3 is 5.76 Å². The molecule has 3 rings (SSSR count). The number of benzene rings is 2. The van der Waals surface area contributed by atoms with Crippen LogP contribution >= 0.6 is 27.5 Å². The Morgan fingerprint density at radius 3 is 2.82 bits per heavy atom. The third-order valence-electron chi connectivity index (χ3n) is 3.08. The maximum atomic E-state index is 12.1. The third-order valence-corrected chi connectivity index (χ3v) is 4.31. The molecule has 0 radical (unpaired) electrons. The van der Waals surface area contributed by atoms with Crippen LogP contribution in [-0.2, 0) is 11.3 Å². The average Bonchev–Trinajstić information content (AvgIpc) is 2.79. The quantitative estimate of drug-likeness (QED) is 0.753. The summed E-state index contributed by atoms with van der Waals surface area (Å²) in [5.74, 6) is -0.905. The number of nitrogens with one attached hydrogen (secondary N) is 1. The third kappa shape index (κ3) is 2.93. The molecule has 22 heavy (non-hydrogen) atoms. The number of amides is 1. The highest BCUT2D eigenvalue weighted by Crippen LogP contribution is 2.25. The molecular formula is C15H10BrClN2O3. The van der Waals surface area contributed by atoms with Gasteiger partial charge in [0.05, 0.1) is 10.5 Å². The highest BCUT2D eigenvalue weighted by molar-refractivity contribution is 9.10. The van der Waals surface area contributed by atoms with Crippen LogP contribution in [0.25, 0.3) is 11.1 Å². The molecule has 0 spiro atoms. The van der Waals surface area contributed by atoms with Crippen LogP contribution in [0.5, 0.6) is 0 Å². The molecule has 0 saturated carbocycles. The molecule has 0 aliphatic carbocycles. The van der Waals surface area contributed by atoms with Gasteiger partial charge in [-0.15, -0.1) is 0 Å². The number of anilines is 1. The normalized spacial score (nSPS) is 10.8. The fourth-order valence-corrected chi connectivity index (χ4v) is 2.51. The van der Waals surface area contributed by atoms with E-state index in [-0.39, 0.29) is 12.5 Å². The number of halogens is 2. The lowest BCUT2D eigenvalue weighted by Crippen LogP contribution is -2.24. The number of para-hydroxylation sites is 2. The lowest BCUT2D eigenvalue weighted by molar-refractivity contribution is -0.116. The molecule has 0 aliphatic heterocycles. The topological polar surface area (TPSA) is 64.2 Å². The summed E-state index contributed by atoms with van der Waals surface area (Å²) in [7, 11) is 0. The van der Waals surface area contributed by atoms with E-state index in [0.29, 0.717) is 21.8 Å². The summed E-state index contributed by atoms with van der Waals surface area (Å²) in [6.45, 7) is -0.135. The van der Waals surface area contributed by atoms with Crippen molar-refractivity contribution in [3.63, 3.8) is 0 Å². The molecule has 1 heterocycles. The van der Waals surface area contributed by atoms with Gasteiger partial charge in [0.2, 0.25) is 5.91 Å². The molecule has 0 saturated heterocycles. The number of oxazole rings is 1. The number of carbonyl (C=O) groups is 1. The summed E-state index contributed by atoms with van der Waals surface area (Å²) in [5.41, 5.74) is 1.59. The Labute approximate surface area is 138 Å². The van der Waals surface area contributed by atoms with Crippen molar-refractivity contribution in [3.8, 4) is 0 Å². The Hall–Kier alpha value is -2.05. The predicted octanol–water partition coefficient (Wildman–Crippen LogP) is 3.65. The van der Waals surface area contributed by atoms with Crippen molar-refractivity contribution in [1.82, 2.24) is 4.57 Å². The number of aromatic nitrogens is 1. The van der Waals surface area contributed by atoms with Gasteiger partial charge in [-0.1, -0.05) is 23.7 Å². The van der Waals surface area contributed by atoms with Crippen LogP contribution in [0.4, 0.5) is 5.69 Å². The Bertz CT molecular complexity index is 917. The summed E-state index contributed by atoms with van der Waals surface area (Å²) in [4.78, 5) is 23.9. The molecule has 5 nitrogen and oxygen atoms in total. The second-order valence-electron chi connectivity index (χ2n) is 4.60. The molecule has 0 atom stereocenters. The number of carbonyl (C=O) groups excluding carboxylic acids is 1. The Morgan fingerprint density at radius 1 is 1.27 bits per heavy atom. The van der Waals surface area contributed by atoms with Crippen LogP contribution in [0.2, 0.25) is 5.02 Å². The second-order valence-corrected chi connectivity index (χ2v) is 5.86. The summed E-state index contributed by atoms with van der Waals surface area (Å²) in [5, 5.41) is 3.18. The highest BCUT2D eigenvalue weighted by Gasteiger charge is 2.12. The number of hydrogen-bond donors (Lipinski definition) is 1. The van der Waals surface area contributed by atoms with Crippen molar-refractivity contribution in [1.29, 1.82) is 0 Å². The first-order valence-corrected chi connectivity index (χ1v) is 7.55. The van der Waals surface area contributed by atoms with Crippen LogP contribution in [0.15, 0.2) is 56.1 Å². The minimum Gasteiger partial charge on any atom is -0.408 e. The van der Waals surface area contributed by atoms with Gasteiger partial charge < -0.3 is 9.73 Å². The Kier molecular flexibility index (Phi) is 4.04. The van der Waals surface area contributed by atoms with E-state index in [1.807, 2.05) is 0 Å². The zero-order valence-corrected chi connectivity index (χ0v) is 13.5. The molecule has 0 unspecified atom stereocenters. The van der Waals surface area contributed by atoms with Crippen molar-refractivity contribution in [3.05, 3.63) is 62.5 Å². The maximum Gasteiger partial charge on any atom is 0.420 e. The van der Waals surface area contributed by atoms with E-state index in [4.69, 9.17) is 16.0 Å². The van der Waals surface area contributed by atoms with Gasteiger partial charge in [-0.3, -0.25) is 9.36 Å². The molecule has 3 aromatic rings. The van der Waals surface area contributed by atoms with E-state index in [0.717, 1.165) is 4.47 Å². The fourth-order valence-electron chi connectivity index (χ4n) is 2.08. The van der Waals surface area contributed by atoms with Gasteiger partial charge in [-0.05, 0) is 46.3 Å². The molecule has 1 N–H and O–H groups in total. The minimum atomic E-state index is -0.565. The number of rotatable bonds is 3. The van der Waals surface area contributed by atoms with Gasteiger partial charge in [-0.2, -0.15) is 0 Å². The van der Waals surface area contributed by atoms with Crippen LogP contribution < -0.4 is 11.1 Å². The zero-order valence-electron chi connectivity index (χ0n) is 11.2. The Balaban J connectivity index is 1.82. The van der Waals surface area contributed by atoms with Crippen molar-refractivity contribution < 1.29 is 9.21 Å². The first-order chi connectivity index (χ1) is 10.5. The fraction of sp³-hybridized carbons (Fsp3) is 0.0667. The van der Waals surface area contributed by atoms with Crippen LogP contribution in [0.3, 0.4) is 0 Å². The van der Waals surface area contributed by atoms with E-state index >= 15 is 0 Å².